The van der Waals surface area contributed by atoms with Gasteiger partial charge in [0, 0.05) is 18.1 Å². The fourth-order valence-corrected chi connectivity index (χ4v) is 2.94. The number of nitrogens with one attached hydrogen (secondary N) is 2. The highest BCUT2D eigenvalue weighted by atomic mass is 35.5. The van der Waals surface area contributed by atoms with E-state index in [4.69, 9.17) is 16.3 Å². The van der Waals surface area contributed by atoms with Crippen molar-refractivity contribution in [2.45, 2.75) is 12.8 Å². The summed E-state index contributed by atoms with van der Waals surface area (Å²) in [7, 11) is -3.18. The van der Waals surface area contributed by atoms with Crippen LogP contribution in [0.4, 0.5) is 0 Å². The molecule has 0 saturated carbocycles. The van der Waals surface area contributed by atoms with Crippen molar-refractivity contribution in [1.82, 2.24) is 10.0 Å². The number of sulfonamides is 1. The van der Waals surface area contributed by atoms with E-state index in [1.807, 2.05) is 12.1 Å². The lowest BCUT2D eigenvalue weighted by Gasteiger charge is -2.24. The number of hydrogen-bond acceptors (Lipinski definition) is 4. The Hall–Kier alpha value is -1.31. The Kier molecular flexibility index (Phi) is 5.66. The third kappa shape index (κ3) is 5.15. The second kappa shape index (κ2) is 7.30. The molecule has 2 rings (SSSR count). The molecule has 122 valence electrons. The van der Waals surface area contributed by atoms with Gasteiger partial charge in [0.2, 0.25) is 15.9 Å². The van der Waals surface area contributed by atoms with Gasteiger partial charge in [-0.25, -0.2) is 13.1 Å². The van der Waals surface area contributed by atoms with Crippen molar-refractivity contribution in [2.75, 3.05) is 26.0 Å². The van der Waals surface area contributed by atoms with Gasteiger partial charge in [-0.05, 0) is 36.6 Å². The fraction of sp³-hybridized carbons (Fsp3) is 0.500. The van der Waals surface area contributed by atoms with Crippen molar-refractivity contribution >= 4 is 27.5 Å². The molecule has 1 aromatic carbocycles. The molecule has 2 N–H and O–H groups in total. The van der Waals surface area contributed by atoms with E-state index < -0.39 is 10.0 Å². The molecule has 0 aromatic heterocycles. The molecule has 1 aliphatic rings. The summed E-state index contributed by atoms with van der Waals surface area (Å²) in [4.78, 5) is 12.1. The van der Waals surface area contributed by atoms with Crippen LogP contribution in [0.15, 0.2) is 18.2 Å². The molecule has 22 heavy (non-hydrogen) atoms. The van der Waals surface area contributed by atoms with Crippen LogP contribution in [-0.2, 0) is 21.2 Å². The van der Waals surface area contributed by atoms with E-state index in [0.29, 0.717) is 37.6 Å². The molecule has 1 amide bonds. The summed E-state index contributed by atoms with van der Waals surface area (Å²) in [5, 5.41) is 3.42. The van der Waals surface area contributed by atoms with Crippen LogP contribution >= 0.6 is 11.6 Å². The third-order valence-corrected chi connectivity index (χ3v) is 4.28. The lowest BCUT2D eigenvalue weighted by molar-refractivity contribution is -0.126. The number of fused-ring (bicyclic) bond motifs is 1. The average molecular weight is 347 g/mol. The van der Waals surface area contributed by atoms with Crippen LogP contribution in [0.1, 0.15) is 12.0 Å². The van der Waals surface area contributed by atoms with Crippen LogP contribution in [0.3, 0.4) is 0 Å². The van der Waals surface area contributed by atoms with Gasteiger partial charge in [0.25, 0.3) is 0 Å². The minimum Gasteiger partial charge on any atom is -0.492 e. The van der Waals surface area contributed by atoms with Gasteiger partial charge < -0.3 is 10.1 Å². The Morgan fingerprint density at radius 1 is 1.41 bits per heavy atom. The molecule has 1 aromatic rings. The molecule has 0 bridgehead atoms. The van der Waals surface area contributed by atoms with Crippen molar-refractivity contribution in [3.63, 3.8) is 0 Å². The Balaban J connectivity index is 1.77. The Labute approximate surface area is 135 Å². The maximum atomic E-state index is 12.1. The van der Waals surface area contributed by atoms with Crippen LogP contribution in [-0.4, -0.2) is 40.3 Å². The second-order valence-electron chi connectivity index (χ2n) is 5.28. The average Bonchev–Trinajstić information content (AvgIpc) is 2.44. The van der Waals surface area contributed by atoms with Crippen LogP contribution in [0.5, 0.6) is 5.75 Å². The molecule has 0 radical (unpaired) electrons. The van der Waals surface area contributed by atoms with Crippen molar-refractivity contribution < 1.29 is 17.9 Å². The SMILES string of the molecule is CS(=O)(=O)NCCCNC(=O)[C@@H]1COc2ccc(Cl)cc2C1. The molecular weight excluding hydrogens is 328 g/mol. The molecule has 1 aliphatic heterocycles. The predicted molar refractivity (Wildman–Crippen MR) is 84.6 cm³/mol. The molecule has 8 heteroatoms. The lowest BCUT2D eigenvalue weighted by atomic mass is 9.96. The largest absolute Gasteiger partial charge is 0.492 e. The van der Waals surface area contributed by atoms with Crippen LogP contribution in [0, 0.1) is 5.92 Å². The molecule has 0 fully saturated rings. The van der Waals surface area contributed by atoms with Gasteiger partial charge in [-0.2, -0.15) is 0 Å². The first-order valence-corrected chi connectivity index (χ1v) is 9.25. The standard InChI is InChI=1S/C14H19ClN2O4S/c1-22(19,20)17-6-2-5-16-14(18)11-7-10-8-12(15)3-4-13(10)21-9-11/h3-4,8,11,17H,2,5-7,9H2,1H3,(H,16,18)/t11-/m0/s1. The molecule has 1 heterocycles. The maximum absolute atomic E-state index is 12.1. The number of benzene rings is 1. The molecular formula is C14H19ClN2O4S. The van der Waals surface area contributed by atoms with Crippen molar-refractivity contribution in [3.05, 3.63) is 28.8 Å². The number of amides is 1. The number of rotatable bonds is 6. The van der Waals surface area contributed by atoms with Gasteiger partial charge in [-0.15, -0.1) is 0 Å². The van der Waals surface area contributed by atoms with Crippen LogP contribution < -0.4 is 14.8 Å². The highest BCUT2D eigenvalue weighted by molar-refractivity contribution is 7.88. The van der Waals surface area contributed by atoms with Crippen molar-refractivity contribution in [1.29, 1.82) is 0 Å². The molecule has 6 nitrogen and oxygen atoms in total. The van der Waals surface area contributed by atoms with Gasteiger partial charge in [-0.1, -0.05) is 11.6 Å². The summed E-state index contributed by atoms with van der Waals surface area (Å²) in [5.74, 6) is 0.421. The monoisotopic (exact) mass is 346 g/mol. The first-order valence-electron chi connectivity index (χ1n) is 6.99. The van der Waals surface area contributed by atoms with E-state index >= 15 is 0 Å². The first-order chi connectivity index (χ1) is 10.3. The summed E-state index contributed by atoms with van der Waals surface area (Å²) in [5.41, 5.74) is 0.928. The first kappa shape index (κ1) is 17.1. The minimum atomic E-state index is -3.18. The summed E-state index contributed by atoms with van der Waals surface area (Å²) in [6, 6.07) is 5.38. The van der Waals surface area contributed by atoms with E-state index in [-0.39, 0.29) is 11.8 Å². The summed E-state index contributed by atoms with van der Waals surface area (Å²) >= 11 is 5.95. The second-order valence-corrected chi connectivity index (χ2v) is 7.54. The molecule has 1 atom stereocenters. The zero-order valence-electron chi connectivity index (χ0n) is 12.3. The van der Waals surface area contributed by atoms with Gasteiger partial charge in [-0.3, -0.25) is 4.79 Å². The fourth-order valence-electron chi connectivity index (χ4n) is 2.23. The quantitative estimate of drug-likeness (QED) is 0.751. The maximum Gasteiger partial charge on any atom is 0.226 e. The van der Waals surface area contributed by atoms with E-state index in [9.17, 15) is 13.2 Å². The van der Waals surface area contributed by atoms with Gasteiger partial charge in [0.05, 0.1) is 12.2 Å². The van der Waals surface area contributed by atoms with E-state index in [1.165, 1.54) is 0 Å². The molecule has 0 saturated heterocycles. The van der Waals surface area contributed by atoms with Crippen molar-refractivity contribution in [2.24, 2.45) is 5.92 Å². The summed E-state index contributed by atoms with van der Waals surface area (Å²) in [6.07, 6.45) is 2.23. The van der Waals surface area contributed by atoms with Gasteiger partial charge >= 0.3 is 0 Å². The molecule has 0 spiro atoms. The Morgan fingerprint density at radius 3 is 2.91 bits per heavy atom. The highest BCUT2D eigenvalue weighted by Gasteiger charge is 2.25. The Morgan fingerprint density at radius 2 is 2.18 bits per heavy atom. The number of ether oxygens (including phenoxy) is 1. The van der Waals surface area contributed by atoms with Gasteiger partial charge in [0.1, 0.15) is 12.4 Å². The van der Waals surface area contributed by atoms with E-state index in [0.717, 1.165) is 17.6 Å². The summed E-state index contributed by atoms with van der Waals surface area (Å²) < 4.78 is 29.7. The topological polar surface area (TPSA) is 84.5 Å². The lowest BCUT2D eigenvalue weighted by Crippen LogP contribution is -2.38. The predicted octanol–water partition coefficient (Wildman–Crippen LogP) is 0.947. The van der Waals surface area contributed by atoms with E-state index in [1.54, 1.807) is 6.07 Å². The Bertz CT molecular complexity index is 648. The number of hydrogen-bond donors (Lipinski definition) is 2. The zero-order valence-corrected chi connectivity index (χ0v) is 13.8. The third-order valence-electron chi connectivity index (χ3n) is 3.32. The van der Waals surface area contributed by atoms with Crippen LogP contribution in [0.2, 0.25) is 5.02 Å². The van der Waals surface area contributed by atoms with Crippen molar-refractivity contribution in [3.8, 4) is 5.75 Å². The smallest absolute Gasteiger partial charge is 0.226 e. The van der Waals surface area contributed by atoms with Gasteiger partial charge in [0.15, 0.2) is 0 Å². The number of carbonyl (C=O) groups excluding carboxylic acids is 1. The number of carbonyl (C=O) groups is 1. The number of halogens is 1. The molecule has 0 unspecified atom stereocenters. The summed E-state index contributed by atoms with van der Waals surface area (Å²) in [6.45, 7) is 1.06. The molecule has 0 aliphatic carbocycles. The van der Waals surface area contributed by atoms with Crippen LogP contribution in [0.25, 0.3) is 0 Å². The minimum absolute atomic E-state index is 0.0926. The zero-order chi connectivity index (χ0) is 16.2. The van der Waals surface area contributed by atoms with E-state index in [2.05, 4.69) is 10.0 Å². The normalized spacial score (nSPS) is 17.5. The highest BCUT2D eigenvalue weighted by Crippen LogP contribution is 2.29.